The van der Waals surface area contributed by atoms with Gasteiger partial charge < -0.3 is 14.9 Å². The number of carbonyl (C=O) groups is 2. The van der Waals surface area contributed by atoms with Gasteiger partial charge in [-0.25, -0.2) is 4.98 Å². The normalized spacial score (nSPS) is 17.3. The summed E-state index contributed by atoms with van der Waals surface area (Å²) in [4.78, 5) is 32.5. The molecule has 1 atom stereocenters. The van der Waals surface area contributed by atoms with Crippen molar-refractivity contribution in [2.45, 2.75) is 26.0 Å². The van der Waals surface area contributed by atoms with E-state index in [-0.39, 0.29) is 23.2 Å². The van der Waals surface area contributed by atoms with Gasteiger partial charge in [0.1, 0.15) is 17.3 Å². The van der Waals surface area contributed by atoms with E-state index in [1.807, 2.05) is 13.8 Å². The van der Waals surface area contributed by atoms with Crippen molar-refractivity contribution < 1.29 is 24.5 Å². The molecule has 2 heterocycles. The summed E-state index contributed by atoms with van der Waals surface area (Å²) in [7, 11) is 0. The Morgan fingerprint density at radius 3 is 2.42 bits per heavy atom. The van der Waals surface area contributed by atoms with E-state index in [0.717, 1.165) is 4.70 Å². The summed E-state index contributed by atoms with van der Waals surface area (Å²) in [6.45, 7) is 3.81. The van der Waals surface area contributed by atoms with Gasteiger partial charge in [0, 0.05) is 10.6 Å². The Labute approximate surface area is 215 Å². The first-order valence-corrected chi connectivity index (χ1v) is 12.4. The average Bonchev–Trinajstić information content (AvgIpc) is 3.37. The number of phenols is 1. The van der Waals surface area contributed by atoms with Gasteiger partial charge in [0.05, 0.1) is 27.9 Å². The van der Waals surface area contributed by atoms with E-state index in [2.05, 4.69) is 4.98 Å². The molecule has 1 saturated heterocycles. The quantitative estimate of drug-likeness (QED) is 0.188. The molecule has 0 aliphatic carbocycles. The van der Waals surface area contributed by atoms with Crippen LogP contribution in [0.2, 0.25) is 5.02 Å². The maximum atomic E-state index is 13.3. The minimum Gasteiger partial charge on any atom is -0.508 e. The van der Waals surface area contributed by atoms with E-state index in [0.29, 0.717) is 32.5 Å². The number of carbonyl (C=O) groups excluding carboxylic acids is 2. The van der Waals surface area contributed by atoms with E-state index in [9.17, 15) is 19.8 Å². The van der Waals surface area contributed by atoms with Crippen molar-refractivity contribution in [3.05, 3.63) is 88.5 Å². The van der Waals surface area contributed by atoms with Crippen molar-refractivity contribution in [1.82, 2.24) is 4.98 Å². The molecule has 1 unspecified atom stereocenters. The van der Waals surface area contributed by atoms with Crippen LogP contribution in [-0.2, 0) is 9.59 Å². The molecule has 0 spiro atoms. The summed E-state index contributed by atoms with van der Waals surface area (Å²) in [5.74, 6) is -1.30. The molecule has 1 aliphatic heterocycles. The predicted octanol–water partition coefficient (Wildman–Crippen LogP) is 6.07. The highest BCUT2D eigenvalue weighted by atomic mass is 35.5. The van der Waals surface area contributed by atoms with Gasteiger partial charge in [-0.3, -0.25) is 14.5 Å². The Morgan fingerprint density at radius 2 is 1.75 bits per heavy atom. The molecule has 182 valence electrons. The molecule has 36 heavy (non-hydrogen) atoms. The van der Waals surface area contributed by atoms with Gasteiger partial charge in [0.15, 0.2) is 5.13 Å². The topological polar surface area (TPSA) is 100.0 Å². The number of ketones is 1. The zero-order valence-electron chi connectivity index (χ0n) is 19.3. The second kappa shape index (κ2) is 9.29. The number of aromatic hydroxyl groups is 1. The summed E-state index contributed by atoms with van der Waals surface area (Å²) >= 11 is 7.34. The number of anilines is 1. The number of aromatic nitrogens is 1. The fourth-order valence-electron chi connectivity index (χ4n) is 4.11. The molecule has 1 amide bonds. The van der Waals surface area contributed by atoms with Crippen molar-refractivity contribution in [3.63, 3.8) is 0 Å². The summed E-state index contributed by atoms with van der Waals surface area (Å²) < 4.78 is 6.41. The maximum absolute atomic E-state index is 13.3. The van der Waals surface area contributed by atoms with Crippen molar-refractivity contribution in [1.29, 1.82) is 0 Å². The third kappa shape index (κ3) is 4.29. The number of fused-ring (bicyclic) bond motifs is 1. The van der Waals surface area contributed by atoms with Gasteiger partial charge in [-0.1, -0.05) is 35.1 Å². The first-order chi connectivity index (χ1) is 17.2. The Morgan fingerprint density at radius 1 is 1.06 bits per heavy atom. The van der Waals surface area contributed by atoms with E-state index in [4.69, 9.17) is 16.3 Å². The molecule has 4 aromatic rings. The SMILES string of the molecule is CC(C)Oc1ccc(/C(O)=C2\C(=O)C(=O)N(c3nc4ccc(Cl)cc4s3)C2c2ccc(O)cc2)cc1. The molecule has 3 aromatic carbocycles. The molecule has 1 aliphatic rings. The molecule has 0 bridgehead atoms. The number of thiazole rings is 1. The van der Waals surface area contributed by atoms with E-state index in [1.165, 1.54) is 28.4 Å². The van der Waals surface area contributed by atoms with Gasteiger partial charge in [0.2, 0.25) is 0 Å². The van der Waals surface area contributed by atoms with E-state index < -0.39 is 17.7 Å². The summed E-state index contributed by atoms with van der Waals surface area (Å²) in [5.41, 5.74) is 1.46. The van der Waals surface area contributed by atoms with Crippen molar-refractivity contribution in [2.24, 2.45) is 0 Å². The Bertz CT molecular complexity index is 1510. The van der Waals surface area contributed by atoms with Crippen molar-refractivity contribution in [2.75, 3.05) is 4.90 Å². The van der Waals surface area contributed by atoms with Gasteiger partial charge in [-0.2, -0.15) is 0 Å². The summed E-state index contributed by atoms with van der Waals surface area (Å²) in [5, 5.41) is 21.9. The number of halogens is 1. The zero-order valence-corrected chi connectivity index (χ0v) is 20.9. The second-order valence-electron chi connectivity index (χ2n) is 8.56. The van der Waals surface area contributed by atoms with Crippen LogP contribution in [0.1, 0.15) is 31.0 Å². The maximum Gasteiger partial charge on any atom is 0.301 e. The molecule has 1 aromatic heterocycles. The van der Waals surface area contributed by atoms with E-state index in [1.54, 1.807) is 54.6 Å². The number of benzene rings is 3. The molecule has 0 radical (unpaired) electrons. The molecular weight excluding hydrogens is 500 g/mol. The summed E-state index contributed by atoms with van der Waals surface area (Å²) in [6.07, 6.45) is -0.0204. The highest BCUT2D eigenvalue weighted by Gasteiger charge is 2.48. The van der Waals surface area contributed by atoms with Crippen molar-refractivity contribution in [3.8, 4) is 11.5 Å². The monoisotopic (exact) mass is 520 g/mol. The number of nitrogens with zero attached hydrogens (tertiary/aromatic N) is 2. The van der Waals surface area contributed by atoms with Crippen LogP contribution in [0.4, 0.5) is 5.13 Å². The number of rotatable bonds is 5. The molecule has 2 N–H and O–H groups in total. The van der Waals surface area contributed by atoms with Gasteiger partial charge >= 0.3 is 5.91 Å². The Balaban J connectivity index is 1.66. The third-order valence-corrected chi connectivity index (χ3v) is 6.95. The minimum atomic E-state index is -0.951. The van der Waals surface area contributed by atoms with Crippen LogP contribution in [0.25, 0.3) is 16.0 Å². The number of hydrogen-bond donors (Lipinski definition) is 2. The molecule has 9 heteroatoms. The van der Waals surface area contributed by atoms with Gasteiger partial charge in [-0.05, 0) is 74.0 Å². The van der Waals surface area contributed by atoms with Crippen LogP contribution in [0.3, 0.4) is 0 Å². The number of aliphatic hydroxyl groups is 1. The fourth-order valence-corrected chi connectivity index (χ4v) is 5.38. The third-order valence-electron chi connectivity index (χ3n) is 5.70. The van der Waals surface area contributed by atoms with Crippen LogP contribution in [0, 0.1) is 0 Å². The molecular formula is C27H21ClN2O5S. The fraction of sp³-hybridized carbons (Fsp3) is 0.148. The first kappa shape index (κ1) is 23.8. The lowest BCUT2D eigenvalue weighted by Crippen LogP contribution is -2.29. The standard InChI is InChI=1S/C27H21ClN2O5S/c1-14(2)35-19-10-5-16(6-11-19)24(32)22-23(15-3-8-18(31)9-4-15)30(26(34)25(22)33)27-29-20-12-7-17(28)13-21(20)36-27/h3-14,23,31-32H,1-2H3/b24-22+. The zero-order chi connectivity index (χ0) is 25.6. The number of phenolic OH excluding ortho intramolecular Hbond substituents is 1. The number of ether oxygens (including phenoxy) is 1. The highest BCUT2D eigenvalue weighted by Crippen LogP contribution is 2.44. The van der Waals surface area contributed by atoms with Crippen LogP contribution >= 0.6 is 22.9 Å². The molecule has 1 fully saturated rings. The number of Topliss-reactive ketones (excluding diaryl/α,β-unsaturated/α-hetero) is 1. The lowest BCUT2D eigenvalue weighted by molar-refractivity contribution is -0.132. The molecule has 7 nitrogen and oxygen atoms in total. The summed E-state index contributed by atoms with van der Waals surface area (Å²) in [6, 6.07) is 17.0. The Hall–Kier alpha value is -3.88. The number of amides is 1. The van der Waals surface area contributed by atoms with Crippen LogP contribution in [-0.4, -0.2) is 33.0 Å². The van der Waals surface area contributed by atoms with Crippen LogP contribution < -0.4 is 9.64 Å². The second-order valence-corrected chi connectivity index (χ2v) is 10.0. The average molecular weight is 521 g/mol. The van der Waals surface area contributed by atoms with E-state index >= 15 is 0 Å². The van der Waals surface area contributed by atoms with Crippen LogP contribution in [0.15, 0.2) is 72.3 Å². The molecule has 0 saturated carbocycles. The van der Waals surface area contributed by atoms with Crippen LogP contribution in [0.5, 0.6) is 11.5 Å². The first-order valence-electron chi connectivity index (χ1n) is 11.2. The Kier molecular flexibility index (Phi) is 6.15. The smallest absolute Gasteiger partial charge is 0.301 e. The largest absolute Gasteiger partial charge is 0.508 e. The lowest BCUT2D eigenvalue weighted by Gasteiger charge is -2.23. The number of hydrogen-bond acceptors (Lipinski definition) is 7. The van der Waals surface area contributed by atoms with Gasteiger partial charge in [0.25, 0.3) is 5.78 Å². The lowest BCUT2D eigenvalue weighted by atomic mass is 9.95. The number of aliphatic hydroxyl groups excluding tert-OH is 1. The highest BCUT2D eigenvalue weighted by molar-refractivity contribution is 7.22. The predicted molar refractivity (Wildman–Crippen MR) is 140 cm³/mol. The molecule has 5 rings (SSSR count). The van der Waals surface area contributed by atoms with Gasteiger partial charge in [-0.15, -0.1) is 0 Å². The minimum absolute atomic E-state index is 0.0204. The van der Waals surface area contributed by atoms with Crippen molar-refractivity contribution >= 4 is 55.7 Å².